The molecule has 0 spiro atoms. The number of aliphatic carboxylic acids is 6. The fourth-order valence-electron chi connectivity index (χ4n) is 2.94. The summed E-state index contributed by atoms with van der Waals surface area (Å²) in [6.07, 6.45) is 0. The second-order valence-electron chi connectivity index (χ2n) is 7.27. The van der Waals surface area contributed by atoms with Gasteiger partial charge in [0.25, 0.3) is 0 Å². The second kappa shape index (κ2) is 40.8. The van der Waals surface area contributed by atoms with Gasteiger partial charge in [0, 0.05) is 98.8 Å². The Morgan fingerprint density at radius 1 is 0.395 bits per heavy atom. The Bertz CT molecular complexity index is 669. The number of hydrogen-bond donors (Lipinski definition) is 3. The average molecular weight is 808 g/mol. The summed E-state index contributed by atoms with van der Waals surface area (Å²) in [4.78, 5) is 70.2. The van der Waals surface area contributed by atoms with Gasteiger partial charge in [-0.25, -0.2) is 0 Å². The molecule has 13 N–H and O–H groups in total. The summed E-state index contributed by atoms with van der Waals surface area (Å²) in [6.45, 7) is -4.29. The summed E-state index contributed by atoms with van der Waals surface area (Å²) in [5.41, 5.74) is 0. The standard InChI is InChI=1S/C18H30N4O12.Gd.3Na.5H2O/c23-13(24)7-19(3-5-21(9-15(27)28)10-16(29)30)1-2-20(8-14(25)26)4-6-22(11-17(31)32)12-18(33)34;;;;;;;;;/h1-12H2,(H,23,24)(H,25,26)(H,27,28)(H,29,30)(H,31,32)(H,33,34);;;;;5*1H2/q;;3*+1;;;;;/p-3. The van der Waals surface area contributed by atoms with Crippen molar-refractivity contribution >= 4 is 35.8 Å². The first kappa shape index (κ1) is 70.2. The monoisotopic (exact) mass is 808 g/mol. The number of nitrogens with zero attached hydrogens (tertiary/aromatic N) is 4. The Morgan fingerprint density at radius 2 is 0.558 bits per heavy atom. The summed E-state index contributed by atoms with van der Waals surface area (Å²) in [5.74, 6) is -8.36. The molecule has 0 radical (unpaired) electrons. The molecule has 0 heterocycles. The van der Waals surface area contributed by atoms with Crippen LogP contribution in [0.3, 0.4) is 0 Å². The minimum absolute atomic E-state index is 0. The molecule has 0 aromatic carbocycles. The smallest absolute Gasteiger partial charge is 0.549 e. The van der Waals surface area contributed by atoms with Gasteiger partial charge in [-0.3, -0.25) is 34.0 Å². The normalized spacial score (nSPS) is 8.93. The number of carbonyl (C=O) groups excluding carboxylic acids is 3. The van der Waals surface area contributed by atoms with Crippen LogP contribution in [0.2, 0.25) is 0 Å². The first-order valence-corrected chi connectivity index (χ1v) is 9.92. The topological polar surface area (TPSA) is 403 Å². The van der Waals surface area contributed by atoms with Crippen molar-refractivity contribution in [3.63, 3.8) is 0 Å². The summed E-state index contributed by atoms with van der Waals surface area (Å²) in [7, 11) is 0. The van der Waals surface area contributed by atoms with Crippen molar-refractivity contribution in [2.24, 2.45) is 0 Å². The van der Waals surface area contributed by atoms with Crippen molar-refractivity contribution in [3.05, 3.63) is 0 Å². The Morgan fingerprint density at radius 3 is 0.767 bits per heavy atom. The summed E-state index contributed by atoms with van der Waals surface area (Å²) >= 11 is 0. The molecule has 242 valence electrons. The van der Waals surface area contributed by atoms with Crippen LogP contribution in [-0.2, 0) is 28.8 Å². The van der Waals surface area contributed by atoms with Crippen LogP contribution in [-0.4, -0.2) is 177 Å². The third kappa shape index (κ3) is 45.0. The molecule has 0 saturated heterocycles. The predicted octanol–water partition coefficient (Wildman–Crippen LogP) is -20.4. The van der Waals surface area contributed by atoms with E-state index < -0.39 is 75.1 Å². The minimum Gasteiger partial charge on any atom is -0.549 e. The van der Waals surface area contributed by atoms with E-state index in [4.69, 9.17) is 15.3 Å². The van der Waals surface area contributed by atoms with Crippen molar-refractivity contribution in [1.29, 1.82) is 0 Å². The predicted molar refractivity (Wildman–Crippen MR) is 122 cm³/mol. The maximum absolute atomic E-state index is 11.2. The van der Waals surface area contributed by atoms with Crippen LogP contribution < -0.4 is 104 Å². The molecule has 0 aliphatic carbocycles. The van der Waals surface area contributed by atoms with Gasteiger partial charge in [-0.2, -0.15) is 0 Å². The van der Waals surface area contributed by atoms with E-state index in [0.717, 1.165) is 9.80 Å². The van der Waals surface area contributed by atoms with Gasteiger partial charge in [0.05, 0.1) is 37.5 Å². The number of rotatable bonds is 21. The summed E-state index contributed by atoms with van der Waals surface area (Å²) < 4.78 is 0. The van der Waals surface area contributed by atoms with E-state index in [-0.39, 0.29) is 195 Å². The maximum Gasteiger partial charge on any atom is 1.00 e. The van der Waals surface area contributed by atoms with E-state index in [0.29, 0.717) is 0 Å². The quantitative estimate of drug-likeness (QED) is 0.0906. The van der Waals surface area contributed by atoms with Gasteiger partial charge in [0.2, 0.25) is 0 Å². The van der Waals surface area contributed by atoms with E-state index in [1.165, 1.54) is 9.80 Å². The zero-order chi connectivity index (χ0) is 26.3. The molecule has 0 amide bonds. The van der Waals surface area contributed by atoms with Crippen molar-refractivity contribution in [2.45, 2.75) is 0 Å². The van der Waals surface area contributed by atoms with Crippen LogP contribution in [0.1, 0.15) is 0 Å². The van der Waals surface area contributed by atoms with Crippen molar-refractivity contribution < 1.29 is 215 Å². The van der Waals surface area contributed by atoms with Crippen molar-refractivity contribution in [3.8, 4) is 0 Å². The minimum atomic E-state index is -1.53. The summed E-state index contributed by atoms with van der Waals surface area (Å²) in [6, 6.07) is 0. The molecule has 0 aliphatic rings. The molecule has 0 fully saturated rings. The second-order valence-corrected chi connectivity index (χ2v) is 7.27. The van der Waals surface area contributed by atoms with Crippen LogP contribution >= 0.6 is 0 Å². The molecule has 43 heavy (non-hydrogen) atoms. The third-order valence-corrected chi connectivity index (χ3v) is 4.33. The van der Waals surface area contributed by atoms with Gasteiger partial charge in [0.1, 0.15) is 0 Å². The van der Waals surface area contributed by atoms with E-state index in [1.54, 1.807) is 0 Å². The Balaban J connectivity index is -0.000000151. The zero-order valence-corrected chi connectivity index (χ0v) is 32.4. The molecular weight excluding hydrogens is 770 g/mol. The van der Waals surface area contributed by atoms with Crippen molar-refractivity contribution in [2.75, 3.05) is 78.5 Å². The van der Waals surface area contributed by atoms with Gasteiger partial charge in [-0.15, -0.1) is 0 Å². The van der Waals surface area contributed by atoms with Crippen LogP contribution in [0.25, 0.3) is 0 Å². The van der Waals surface area contributed by atoms with E-state index in [9.17, 15) is 44.1 Å². The van der Waals surface area contributed by atoms with Gasteiger partial charge >= 0.3 is 107 Å². The first-order valence-electron chi connectivity index (χ1n) is 9.92. The largest absolute Gasteiger partial charge is 1.00 e. The third-order valence-electron chi connectivity index (χ3n) is 4.33. The van der Waals surface area contributed by atoms with E-state index in [1.807, 2.05) is 0 Å². The van der Waals surface area contributed by atoms with E-state index >= 15 is 0 Å². The molecule has 0 aliphatic heterocycles. The van der Waals surface area contributed by atoms with Crippen molar-refractivity contribution in [1.82, 2.24) is 19.6 Å². The molecule has 25 heteroatoms. The van der Waals surface area contributed by atoms with Crippen LogP contribution in [0.4, 0.5) is 0 Å². The van der Waals surface area contributed by atoms with Gasteiger partial charge in [-0.1, -0.05) is 0 Å². The summed E-state index contributed by atoms with van der Waals surface area (Å²) in [5, 5.41) is 59.5. The molecule has 0 aromatic rings. The first-order chi connectivity index (χ1) is 15.8. The van der Waals surface area contributed by atoms with Crippen LogP contribution in [0.5, 0.6) is 0 Å². The molecule has 0 unspecified atom stereocenters. The van der Waals surface area contributed by atoms with Crippen LogP contribution in [0.15, 0.2) is 0 Å². The Hall–Kier alpha value is 0.785. The Kier molecular flexibility index (Phi) is 66.6. The Labute approximate surface area is 345 Å². The molecule has 21 nitrogen and oxygen atoms in total. The molecule has 0 saturated carbocycles. The number of carboxylic acid groups (broad SMARTS) is 6. The zero-order valence-electron chi connectivity index (χ0n) is 24.1. The maximum atomic E-state index is 11.2. The average Bonchev–Trinajstić information content (AvgIpc) is 2.64. The molecule has 0 bridgehead atoms. The van der Waals surface area contributed by atoms with Gasteiger partial charge in [0.15, 0.2) is 0 Å². The van der Waals surface area contributed by atoms with Gasteiger partial charge in [-0.05, 0) is 0 Å². The number of carbonyl (C=O) groups is 6. The fraction of sp³-hybridized carbons (Fsp3) is 0.667. The fourth-order valence-corrected chi connectivity index (χ4v) is 2.94. The molecule has 0 atom stereocenters. The van der Waals surface area contributed by atoms with Gasteiger partial charge < -0.3 is 72.4 Å². The number of carboxylic acids is 6. The number of hydrogen-bond acceptors (Lipinski definition) is 13. The molecule has 0 rings (SSSR count). The van der Waals surface area contributed by atoms with Crippen LogP contribution in [0, 0.1) is 39.9 Å². The van der Waals surface area contributed by atoms with E-state index in [2.05, 4.69) is 0 Å². The molecular formula is C18H37GdN4Na3O17. The SMILES string of the molecule is O.O.O.O.O.O=C([O-])CN(CCN(CCN(CC(=O)[O-])CC(=O)O)CC(=O)O)CCN(CC(=O)[O-])CC(=O)O.[Gd].[Na+].[Na+].[Na+]. The molecule has 0 aromatic heterocycles.